The lowest BCUT2D eigenvalue weighted by Gasteiger charge is -2.33. The average Bonchev–Trinajstić information content (AvgIpc) is 2.64. The third kappa shape index (κ3) is 3.65. The van der Waals surface area contributed by atoms with Crippen molar-refractivity contribution in [3.63, 3.8) is 0 Å². The second kappa shape index (κ2) is 7.87. The predicted octanol–water partition coefficient (Wildman–Crippen LogP) is 5.89. The zero-order chi connectivity index (χ0) is 21.6. The molecule has 3 aromatic rings. The van der Waals surface area contributed by atoms with Gasteiger partial charge >= 0.3 is 0 Å². The van der Waals surface area contributed by atoms with Crippen LogP contribution in [0.1, 0.15) is 16.7 Å². The smallest absolute Gasteiger partial charge is 0.283 e. The van der Waals surface area contributed by atoms with Gasteiger partial charge in [0.1, 0.15) is 0 Å². The Morgan fingerprint density at radius 1 is 0.724 bits per heavy atom. The van der Waals surface area contributed by atoms with Crippen LogP contribution in [0.25, 0.3) is 0 Å². The van der Waals surface area contributed by atoms with E-state index in [9.17, 15) is 23.2 Å². The largest absolute Gasteiger partial charge is 0.504 e. The number of phenols is 2. The molecule has 1 unspecified atom stereocenters. The number of benzene rings is 3. The van der Waals surface area contributed by atoms with Crippen molar-refractivity contribution in [2.24, 2.45) is 0 Å². The van der Waals surface area contributed by atoms with Gasteiger partial charge in [0.05, 0.1) is 20.1 Å². The van der Waals surface area contributed by atoms with E-state index >= 15 is 0 Å². The fourth-order valence-corrected chi connectivity index (χ4v) is 5.42. The van der Waals surface area contributed by atoms with Gasteiger partial charge in [-0.3, -0.25) is 4.55 Å². The van der Waals surface area contributed by atoms with Crippen LogP contribution in [0.4, 0.5) is 0 Å². The van der Waals surface area contributed by atoms with Crippen molar-refractivity contribution in [2.45, 2.75) is 4.75 Å². The minimum atomic E-state index is -5.02. The Hall–Kier alpha value is -1.67. The van der Waals surface area contributed by atoms with E-state index in [0.717, 1.165) is 12.1 Å². The van der Waals surface area contributed by atoms with E-state index in [-0.39, 0.29) is 36.8 Å². The summed E-state index contributed by atoms with van der Waals surface area (Å²) >= 11 is 24.5. The Morgan fingerprint density at radius 2 is 1.24 bits per heavy atom. The van der Waals surface area contributed by atoms with Gasteiger partial charge in [-0.15, -0.1) is 0 Å². The molecule has 0 aliphatic carbocycles. The first-order chi connectivity index (χ1) is 13.5. The first-order valence-electron chi connectivity index (χ1n) is 7.89. The van der Waals surface area contributed by atoms with Crippen molar-refractivity contribution in [1.29, 1.82) is 0 Å². The summed E-state index contributed by atoms with van der Waals surface area (Å²) in [7, 11) is -5.02. The summed E-state index contributed by atoms with van der Waals surface area (Å²) in [4.78, 5) is 0. The minimum absolute atomic E-state index is 0.00552. The molecule has 0 spiro atoms. The zero-order valence-corrected chi connectivity index (χ0v) is 18.1. The lowest BCUT2D eigenvalue weighted by Crippen LogP contribution is -2.38. The van der Waals surface area contributed by atoms with Gasteiger partial charge in [0.25, 0.3) is 10.1 Å². The summed E-state index contributed by atoms with van der Waals surface area (Å²) in [6.07, 6.45) is 0. The normalized spacial score (nSPS) is 13.8. The van der Waals surface area contributed by atoms with E-state index in [1.54, 1.807) is 18.2 Å². The molecule has 0 saturated carbocycles. The van der Waals surface area contributed by atoms with Crippen LogP contribution in [0.3, 0.4) is 0 Å². The highest BCUT2D eigenvalue weighted by Gasteiger charge is 2.50. The fourth-order valence-electron chi connectivity index (χ4n) is 3.17. The van der Waals surface area contributed by atoms with Crippen LogP contribution >= 0.6 is 46.4 Å². The Labute approximate surface area is 186 Å². The summed E-state index contributed by atoms with van der Waals surface area (Å²) in [6.45, 7) is 0. The van der Waals surface area contributed by atoms with Gasteiger partial charge in [-0.05, 0) is 29.3 Å². The molecule has 3 aromatic carbocycles. The number of hydrogen-bond acceptors (Lipinski definition) is 4. The van der Waals surface area contributed by atoms with Gasteiger partial charge in [0, 0.05) is 11.6 Å². The highest BCUT2D eigenvalue weighted by molar-refractivity contribution is 7.87. The molecule has 0 aliphatic heterocycles. The summed E-state index contributed by atoms with van der Waals surface area (Å²) in [5.74, 6) is -1.21. The quantitative estimate of drug-likeness (QED) is 0.182. The van der Waals surface area contributed by atoms with Crippen molar-refractivity contribution >= 4 is 56.5 Å². The van der Waals surface area contributed by atoms with Crippen LogP contribution < -0.4 is 0 Å². The molecule has 0 fully saturated rings. The molecule has 1 atom stereocenters. The van der Waals surface area contributed by atoms with Crippen LogP contribution in [0.15, 0.2) is 54.6 Å². The van der Waals surface area contributed by atoms with Crippen LogP contribution in [-0.2, 0) is 14.9 Å². The van der Waals surface area contributed by atoms with Gasteiger partial charge < -0.3 is 10.2 Å². The van der Waals surface area contributed by atoms with E-state index in [1.807, 2.05) is 0 Å². The van der Waals surface area contributed by atoms with Crippen molar-refractivity contribution in [2.75, 3.05) is 0 Å². The third-order valence-electron chi connectivity index (χ3n) is 4.40. The lowest BCUT2D eigenvalue weighted by atomic mass is 9.83. The fraction of sp³-hybridized carbons (Fsp3) is 0.0526. The van der Waals surface area contributed by atoms with E-state index in [0.29, 0.717) is 0 Å². The number of rotatable bonds is 4. The molecule has 0 amide bonds. The maximum absolute atomic E-state index is 12.9. The molecule has 29 heavy (non-hydrogen) atoms. The number of halogens is 4. The monoisotopic (exact) mass is 492 g/mol. The van der Waals surface area contributed by atoms with Crippen LogP contribution in [0, 0.1) is 0 Å². The van der Waals surface area contributed by atoms with Crippen molar-refractivity contribution in [3.05, 3.63) is 91.4 Å². The first-order valence-corrected chi connectivity index (χ1v) is 10.8. The first kappa shape index (κ1) is 22.0. The summed E-state index contributed by atoms with van der Waals surface area (Å²) in [6, 6.07) is 12.0. The summed E-state index contributed by atoms with van der Waals surface area (Å²) in [5, 5.41) is 19.4. The molecule has 10 heteroatoms. The van der Waals surface area contributed by atoms with Crippen molar-refractivity contribution in [3.8, 4) is 11.5 Å². The molecular weight excluding hydrogens is 482 g/mol. The molecule has 0 saturated heterocycles. The number of aromatic hydroxyl groups is 2. The SMILES string of the molecule is O=S(=O)(O)C(c1ccccc1)(c1cc(Cl)c(Cl)c(Cl)c1)c1cc(O)c(O)cc1Cl. The maximum Gasteiger partial charge on any atom is 0.283 e. The standard InChI is InChI=1S/C19H12Cl4O5S/c20-13-9-17(25)16(24)8-12(13)19(29(26,27)28,10-4-2-1-3-5-10)11-6-14(21)18(23)15(22)7-11/h1-9,24-25H,(H,26,27,28). The van der Waals surface area contributed by atoms with Gasteiger partial charge in [-0.2, -0.15) is 8.42 Å². The zero-order valence-electron chi connectivity index (χ0n) is 14.3. The molecule has 152 valence electrons. The topological polar surface area (TPSA) is 94.8 Å². The summed E-state index contributed by atoms with van der Waals surface area (Å²) in [5.41, 5.74) is -0.209. The summed E-state index contributed by atoms with van der Waals surface area (Å²) < 4.78 is 34.0. The van der Waals surface area contributed by atoms with Crippen LogP contribution in [-0.4, -0.2) is 23.2 Å². The molecule has 0 bridgehead atoms. The molecule has 0 radical (unpaired) electrons. The second-order valence-electron chi connectivity index (χ2n) is 6.10. The molecule has 5 nitrogen and oxygen atoms in total. The Morgan fingerprint density at radius 3 is 1.76 bits per heavy atom. The van der Waals surface area contributed by atoms with Gasteiger partial charge in [-0.25, -0.2) is 0 Å². The molecule has 3 N–H and O–H groups in total. The molecular formula is C19H12Cl4O5S. The number of hydrogen-bond donors (Lipinski definition) is 3. The second-order valence-corrected chi connectivity index (χ2v) is 9.26. The number of phenolic OH excluding ortho intramolecular Hbond substituents is 2. The lowest BCUT2D eigenvalue weighted by molar-refractivity contribution is 0.402. The third-order valence-corrected chi connectivity index (χ3v) is 7.38. The van der Waals surface area contributed by atoms with Crippen molar-refractivity contribution in [1.82, 2.24) is 0 Å². The molecule has 0 heterocycles. The molecule has 0 aromatic heterocycles. The van der Waals surface area contributed by atoms with E-state index in [4.69, 9.17) is 46.4 Å². The van der Waals surface area contributed by atoms with Gasteiger partial charge in [-0.1, -0.05) is 76.7 Å². The van der Waals surface area contributed by atoms with Crippen LogP contribution in [0.5, 0.6) is 11.5 Å². The molecule has 3 rings (SSSR count). The highest BCUT2D eigenvalue weighted by atomic mass is 35.5. The average molecular weight is 494 g/mol. The molecule has 0 aliphatic rings. The van der Waals surface area contributed by atoms with E-state index < -0.39 is 26.4 Å². The highest BCUT2D eigenvalue weighted by Crippen LogP contribution is 2.50. The Balaban J connectivity index is 2.59. The van der Waals surface area contributed by atoms with Crippen molar-refractivity contribution < 1.29 is 23.2 Å². The Bertz CT molecular complexity index is 1180. The van der Waals surface area contributed by atoms with Gasteiger partial charge in [0.15, 0.2) is 16.2 Å². The Kier molecular flexibility index (Phi) is 5.98. The van der Waals surface area contributed by atoms with Gasteiger partial charge in [0.2, 0.25) is 0 Å². The van der Waals surface area contributed by atoms with Crippen LogP contribution in [0.2, 0.25) is 20.1 Å². The minimum Gasteiger partial charge on any atom is -0.504 e. The predicted molar refractivity (Wildman–Crippen MR) is 114 cm³/mol. The maximum atomic E-state index is 12.9. The van der Waals surface area contributed by atoms with E-state index in [2.05, 4.69) is 0 Å². The van der Waals surface area contributed by atoms with E-state index in [1.165, 1.54) is 24.3 Å².